The van der Waals surface area contributed by atoms with Gasteiger partial charge in [-0.25, -0.2) is 18.4 Å². The van der Waals surface area contributed by atoms with Gasteiger partial charge in [0, 0.05) is 13.1 Å². The molecule has 3 N–H and O–H groups in total. The zero-order valence-electron chi connectivity index (χ0n) is 16.0. The molecule has 0 bridgehead atoms. The first-order chi connectivity index (χ1) is 13.1. The topological polar surface area (TPSA) is 110 Å². The van der Waals surface area contributed by atoms with Crippen LogP contribution in [0.1, 0.15) is 29.8 Å². The third-order valence-corrected chi connectivity index (χ3v) is 6.07. The van der Waals surface area contributed by atoms with E-state index in [1.54, 1.807) is 12.1 Å². The Morgan fingerprint density at radius 2 is 1.71 bits per heavy atom. The van der Waals surface area contributed by atoms with E-state index in [1.807, 2.05) is 24.0 Å². The molecule has 2 unspecified atom stereocenters. The molecule has 0 spiro atoms. The molecule has 2 atom stereocenters. The third-order valence-electron chi connectivity index (χ3n) is 5.16. The van der Waals surface area contributed by atoms with E-state index in [-0.39, 0.29) is 16.2 Å². The lowest BCUT2D eigenvalue weighted by Crippen LogP contribution is -2.23. The van der Waals surface area contributed by atoms with Crippen molar-refractivity contribution in [3.05, 3.63) is 47.5 Å². The molecule has 8 heteroatoms. The van der Waals surface area contributed by atoms with E-state index in [0.717, 1.165) is 11.6 Å². The lowest BCUT2D eigenvalue weighted by molar-refractivity contribution is 0.0696. The highest BCUT2D eigenvalue weighted by molar-refractivity contribution is 7.89. The summed E-state index contributed by atoms with van der Waals surface area (Å²) in [7, 11) is -4.21. The average Bonchev–Trinajstić information content (AvgIpc) is 2.94. The lowest BCUT2D eigenvalue weighted by atomic mass is 10.0. The van der Waals surface area contributed by atoms with Gasteiger partial charge >= 0.3 is 5.97 Å². The van der Waals surface area contributed by atoms with E-state index < -0.39 is 16.0 Å². The van der Waals surface area contributed by atoms with Crippen LogP contribution in [0.25, 0.3) is 0 Å². The van der Waals surface area contributed by atoms with Crippen molar-refractivity contribution in [2.45, 2.75) is 25.7 Å². The first-order valence-electron chi connectivity index (χ1n) is 9.00. The van der Waals surface area contributed by atoms with Crippen molar-refractivity contribution in [2.75, 3.05) is 18.0 Å². The molecular formula is C20H24N2O5S. The smallest absolute Gasteiger partial charge is 0.335 e. The first-order valence-corrected chi connectivity index (χ1v) is 10.5. The average molecular weight is 404 g/mol. The van der Waals surface area contributed by atoms with Crippen LogP contribution in [-0.2, 0) is 10.0 Å². The fraction of sp³-hybridized carbons (Fsp3) is 0.350. The van der Waals surface area contributed by atoms with Gasteiger partial charge in [0.25, 0.3) is 0 Å². The number of benzene rings is 2. The Hall–Kier alpha value is -2.58. The van der Waals surface area contributed by atoms with E-state index in [2.05, 4.69) is 13.8 Å². The number of rotatable bonds is 5. The molecule has 0 radical (unpaired) electrons. The standard InChI is InChI=1S/C20H24N2O5S/c1-12-4-6-16(7-5-12)27-19-17(22-10-13(2)14(3)11-22)8-15(20(23)24)9-18(19)28(21,25)26/h4-9,13-14H,10-11H2,1-3H3,(H,23,24)(H2,21,25,26). The minimum absolute atomic E-state index is 0.0534. The largest absolute Gasteiger partial charge is 0.478 e. The van der Waals surface area contributed by atoms with Crippen molar-refractivity contribution >= 4 is 21.7 Å². The minimum atomic E-state index is -4.21. The van der Waals surface area contributed by atoms with E-state index >= 15 is 0 Å². The van der Waals surface area contributed by atoms with Gasteiger partial charge in [-0.15, -0.1) is 0 Å². The number of nitrogens with zero attached hydrogens (tertiary/aromatic N) is 1. The maximum atomic E-state index is 12.3. The Bertz CT molecular complexity index is 992. The molecule has 2 aromatic carbocycles. The molecule has 3 rings (SSSR count). The Morgan fingerprint density at radius 1 is 1.14 bits per heavy atom. The summed E-state index contributed by atoms with van der Waals surface area (Å²) in [6.45, 7) is 7.47. The quantitative estimate of drug-likeness (QED) is 0.792. The SMILES string of the molecule is Cc1ccc(Oc2c(N3CC(C)C(C)C3)cc(C(=O)O)cc2S(N)(=O)=O)cc1. The summed E-state index contributed by atoms with van der Waals surface area (Å²) in [5.41, 5.74) is 1.30. The van der Waals surface area contributed by atoms with Gasteiger partial charge in [0.1, 0.15) is 10.6 Å². The number of hydrogen-bond acceptors (Lipinski definition) is 5. The summed E-state index contributed by atoms with van der Waals surface area (Å²) in [5, 5.41) is 14.9. The lowest BCUT2D eigenvalue weighted by Gasteiger charge is -2.24. The molecule has 7 nitrogen and oxygen atoms in total. The number of sulfonamides is 1. The van der Waals surface area contributed by atoms with Crippen LogP contribution in [0.3, 0.4) is 0 Å². The molecule has 0 amide bonds. The van der Waals surface area contributed by atoms with Gasteiger partial charge in [0.2, 0.25) is 10.0 Å². The number of carboxylic acid groups (broad SMARTS) is 1. The summed E-state index contributed by atoms with van der Waals surface area (Å²) in [5.74, 6) is 0.0170. The fourth-order valence-corrected chi connectivity index (χ4v) is 4.01. The minimum Gasteiger partial charge on any atom is -0.478 e. The predicted octanol–water partition coefficient (Wildman–Crippen LogP) is 3.23. The van der Waals surface area contributed by atoms with Gasteiger partial charge < -0.3 is 14.7 Å². The van der Waals surface area contributed by atoms with Crippen LogP contribution in [0.15, 0.2) is 41.3 Å². The molecule has 28 heavy (non-hydrogen) atoms. The summed E-state index contributed by atoms with van der Waals surface area (Å²) in [6.07, 6.45) is 0. The van der Waals surface area contributed by atoms with Crippen LogP contribution in [0.4, 0.5) is 5.69 Å². The van der Waals surface area contributed by atoms with E-state index in [0.29, 0.717) is 36.4 Å². The summed E-state index contributed by atoms with van der Waals surface area (Å²) >= 11 is 0. The van der Waals surface area contributed by atoms with E-state index in [1.165, 1.54) is 6.07 Å². The first kappa shape index (κ1) is 20.2. The Morgan fingerprint density at radius 3 is 2.21 bits per heavy atom. The van der Waals surface area contributed by atoms with Crippen LogP contribution in [0, 0.1) is 18.8 Å². The molecule has 1 saturated heterocycles. The molecule has 0 saturated carbocycles. The van der Waals surface area contributed by atoms with Crippen LogP contribution in [0.2, 0.25) is 0 Å². The van der Waals surface area contributed by atoms with Gasteiger partial charge in [-0.3, -0.25) is 0 Å². The van der Waals surface area contributed by atoms with Crippen LogP contribution < -0.4 is 14.8 Å². The van der Waals surface area contributed by atoms with Crippen LogP contribution in [0.5, 0.6) is 11.5 Å². The zero-order valence-corrected chi connectivity index (χ0v) is 16.9. The summed E-state index contributed by atoms with van der Waals surface area (Å²) in [6, 6.07) is 9.64. The molecule has 0 aromatic heterocycles. The van der Waals surface area contributed by atoms with Gasteiger partial charge in [0.05, 0.1) is 11.3 Å². The zero-order chi connectivity index (χ0) is 20.6. The molecule has 150 valence electrons. The Kier molecular flexibility index (Phi) is 5.36. The van der Waals surface area contributed by atoms with Crippen molar-refractivity contribution < 1.29 is 23.1 Å². The predicted molar refractivity (Wildman–Crippen MR) is 107 cm³/mol. The molecule has 1 fully saturated rings. The number of nitrogens with two attached hydrogens (primary N) is 1. The molecule has 1 heterocycles. The van der Waals surface area contributed by atoms with Crippen molar-refractivity contribution in [1.29, 1.82) is 0 Å². The summed E-state index contributed by atoms with van der Waals surface area (Å²) in [4.78, 5) is 13.2. The van der Waals surface area contributed by atoms with Crippen molar-refractivity contribution in [2.24, 2.45) is 17.0 Å². The second-order valence-corrected chi connectivity index (χ2v) is 8.98. The number of primary sulfonamides is 1. The van der Waals surface area contributed by atoms with E-state index in [4.69, 9.17) is 9.88 Å². The Balaban J connectivity index is 2.20. The number of ether oxygens (including phenoxy) is 1. The van der Waals surface area contributed by atoms with Gasteiger partial charge in [-0.2, -0.15) is 0 Å². The summed E-state index contributed by atoms with van der Waals surface area (Å²) < 4.78 is 30.5. The number of hydrogen-bond donors (Lipinski definition) is 2. The molecule has 1 aliphatic heterocycles. The maximum Gasteiger partial charge on any atom is 0.335 e. The maximum absolute atomic E-state index is 12.3. The number of aromatic carboxylic acids is 1. The van der Waals surface area contributed by atoms with Gasteiger partial charge in [-0.05, 0) is 43.0 Å². The van der Waals surface area contributed by atoms with Crippen molar-refractivity contribution in [1.82, 2.24) is 0 Å². The second-order valence-electron chi connectivity index (χ2n) is 7.45. The van der Waals surface area contributed by atoms with Crippen LogP contribution in [-0.4, -0.2) is 32.6 Å². The Labute approximate surface area is 164 Å². The highest BCUT2D eigenvalue weighted by atomic mass is 32.2. The van der Waals surface area contributed by atoms with Gasteiger partial charge in [0.15, 0.2) is 5.75 Å². The number of anilines is 1. The fourth-order valence-electron chi connectivity index (χ4n) is 3.31. The molecule has 2 aromatic rings. The third kappa shape index (κ3) is 4.13. The molecular weight excluding hydrogens is 380 g/mol. The van der Waals surface area contributed by atoms with Crippen molar-refractivity contribution in [3.63, 3.8) is 0 Å². The van der Waals surface area contributed by atoms with Gasteiger partial charge in [-0.1, -0.05) is 31.5 Å². The molecule has 1 aliphatic rings. The highest BCUT2D eigenvalue weighted by Crippen LogP contribution is 2.41. The number of carbonyl (C=O) groups is 1. The molecule has 0 aliphatic carbocycles. The number of carboxylic acids is 1. The normalized spacial score (nSPS) is 19.6. The highest BCUT2D eigenvalue weighted by Gasteiger charge is 2.32. The van der Waals surface area contributed by atoms with E-state index in [9.17, 15) is 18.3 Å². The van der Waals surface area contributed by atoms with Crippen LogP contribution >= 0.6 is 0 Å². The number of aryl methyl sites for hydroxylation is 1. The second kappa shape index (κ2) is 7.44. The monoisotopic (exact) mass is 404 g/mol. The van der Waals surface area contributed by atoms with Crippen molar-refractivity contribution in [3.8, 4) is 11.5 Å².